The average molecular weight is 204 g/mol. The van der Waals surface area contributed by atoms with Crippen LogP contribution in [-0.2, 0) is 0 Å². The molecule has 0 rings (SSSR count). The van der Waals surface area contributed by atoms with Gasteiger partial charge in [-0.2, -0.15) is 0 Å². The third kappa shape index (κ3) is 6.73. The van der Waals surface area contributed by atoms with Crippen LogP contribution >= 0.6 is 11.6 Å². The molecule has 0 aromatic rings. The molecule has 1 nitrogen and oxygen atoms in total. The Morgan fingerprint density at radius 1 is 1.25 bits per heavy atom. The van der Waals surface area contributed by atoms with Crippen molar-refractivity contribution in [3.63, 3.8) is 0 Å². The molecule has 0 fully saturated rings. The zero-order valence-electron chi connectivity index (χ0n) is 6.78. The highest BCUT2D eigenvalue weighted by Crippen LogP contribution is 2.00. The second kappa shape index (κ2) is 7.68. The van der Waals surface area contributed by atoms with Gasteiger partial charge in [0.1, 0.15) is 0 Å². The third-order valence-corrected chi connectivity index (χ3v) is 1.57. The molecule has 0 bridgehead atoms. The molecule has 0 aliphatic heterocycles. The number of rotatable bonds is 7. The maximum atomic E-state index is 11.9. The molecule has 74 valence electrons. The Bertz CT molecular complexity index is 103. The van der Waals surface area contributed by atoms with Crippen LogP contribution in [0, 0.1) is 0 Å². The summed E-state index contributed by atoms with van der Waals surface area (Å²) in [5, 5.41) is 0. The van der Waals surface area contributed by atoms with E-state index in [0.29, 0.717) is 25.4 Å². The fraction of sp³-hybridized carbons (Fsp3) is 1.00. The van der Waals surface area contributed by atoms with Gasteiger partial charge in [0.25, 0.3) is 6.43 Å². The molecule has 0 spiro atoms. The minimum Gasteiger partial charge on any atom is -0.296 e. The molecule has 0 atom stereocenters. The monoisotopic (exact) mass is 203 g/mol. The van der Waals surface area contributed by atoms with Gasteiger partial charge >= 0.3 is 0 Å². The lowest BCUT2D eigenvalue weighted by atomic mass is 10.4. The predicted octanol–water partition coefficient (Wildman–Crippen LogP) is 2.15. The van der Waals surface area contributed by atoms with Gasteiger partial charge in [0.05, 0.1) is 13.2 Å². The van der Waals surface area contributed by atoms with Crippen molar-refractivity contribution in [1.82, 2.24) is 4.90 Å². The van der Waals surface area contributed by atoms with E-state index in [4.69, 9.17) is 11.6 Å². The zero-order chi connectivity index (χ0) is 9.40. The number of hydrogen-bond donors (Lipinski definition) is 0. The molecule has 12 heavy (non-hydrogen) atoms. The molecule has 0 saturated carbocycles. The number of alkyl halides is 4. The molecule has 5 heteroatoms. The van der Waals surface area contributed by atoms with E-state index in [1.54, 1.807) is 0 Å². The van der Waals surface area contributed by atoms with Crippen LogP contribution in [0.4, 0.5) is 13.2 Å². The zero-order valence-corrected chi connectivity index (χ0v) is 7.53. The van der Waals surface area contributed by atoms with Gasteiger partial charge in [-0.1, -0.05) is 0 Å². The number of hydrogen-bond acceptors (Lipinski definition) is 1. The Hall–Kier alpha value is 0.0400. The maximum absolute atomic E-state index is 11.9. The van der Waals surface area contributed by atoms with Crippen molar-refractivity contribution < 1.29 is 13.2 Å². The first-order valence-electron chi connectivity index (χ1n) is 3.83. The summed E-state index contributed by atoms with van der Waals surface area (Å²) in [5.41, 5.74) is 0. The van der Waals surface area contributed by atoms with Gasteiger partial charge in [0, 0.05) is 19.0 Å². The van der Waals surface area contributed by atoms with Gasteiger partial charge in [0.15, 0.2) is 0 Å². The Morgan fingerprint density at radius 3 is 2.33 bits per heavy atom. The van der Waals surface area contributed by atoms with E-state index in [9.17, 15) is 13.2 Å². The van der Waals surface area contributed by atoms with Crippen LogP contribution in [0.15, 0.2) is 0 Å². The van der Waals surface area contributed by atoms with Gasteiger partial charge in [-0.05, 0) is 6.42 Å². The second-order valence-electron chi connectivity index (χ2n) is 2.42. The van der Waals surface area contributed by atoms with Crippen molar-refractivity contribution in [2.75, 3.05) is 32.2 Å². The van der Waals surface area contributed by atoms with Crippen LogP contribution in [0.3, 0.4) is 0 Å². The molecule has 0 aliphatic carbocycles. The first kappa shape index (κ1) is 12.0. The Balaban J connectivity index is 3.54. The lowest BCUT2D eigenvalue weighted by Gasteiger charge is -2.19. The summed E-state index contributed by atoms with van der Waals surface area (Å²) in [4.78, 5) is 1.47. The fourth-order valence-electron chi connectivity index (χ4n) is 0.892. The molecule has 0 heterocycles. The average Bonchev–Trinajstić information content (AvgIpc) is 2.00. The smallest absolute Gasteiger partial charge is 0.251 e. The SMILES string of the molecule is FCCCN(CCCl)CC(F)F. The van der Waals surface area contributed by atoms with E-state index >= 15 is 0 Å². The summed E-state index contributed by atoms with van der Waals surface area (Å²) in [6, 6.07) is 0. The largest absolute Gasteiger partial charge is 0.296 e. The molecule has 0 radical (unpaired) electrons. The van der Waals surface area contributed by atoms with Crippen LogP contribution in [0.1, 0.15) is 6.42 Å². The van der Waals surface area contributed by atoms with E-state index < -0.39 is 13.1 Å². The third-order valence-electron chi connectivity index (χ3n) is 1.40. The standard InChI is InChI=1S/C7H13ClF3N/c8-2-5-12(4-1-3-9)6-7(10)11/h7H,1-6H2. The summed E-state index contributed by atoms with van der Waals surface area (Å²) in [5.74, 6) is 0.305. The Morgan fingerprint density at radius 2 is 1.92 bits per heavy atom. The summed E-state index contributed by atoms with van der Waals surface area (Å²) >= 11 is 5.38. The fourth-order valence-corrected chi connectivity index (χ4v) is 1.13. The molecule has 0 saturated heterocycles. The van der Waals surface area contributed by atoms with Gasteiger partial charge < -0.3 is 0 Å². The topological polar surface area (TPSA) is 3.24 Å². The van der Waals surface area contributed by atoms with Crippen molar-refractivity contribution in [3.8, 4) is 0 Å². The van der Waals surface area contributed by atoms with Crippen LogP contribution in [0.25, 0.3) is 0 Å². The van der Waals surface area contributed by atoms with Gasteiger partial charge in [0.2, 0.25) is 0 Å². The van der Waals surface area contributed by atoms with Crippen LogP contribution in [-0.4, -0.2) is 43.5 Å². The highest BCUT2D eigenvalue weighted by Gasteiger charge is 2.10. The second-order valence-corrected chi connectivity index (χ2v) is 2.80. The highest BCUT2D eigenvalue weighted by atomic mass is 35.5. The maximum Gasteiger partial charge on any atom is 0.251 e. The number of nitrogens with zero attached hydrogens (tertiary/aromatic N) is 1. The summed E-state index contributed by atoms with van der Waals surface area (Å²) in [6.07, 6.45) is -2.07. The van der Waals surface area contributed by atoms with Gasteiger partial charge in [-0.3, -0.25) is 9.29 Å². The lowest BCUT2D eigenvalue weighted by molar-refractivity contribution is 0.0896. The van der Waals surface area contributed by atoms with E-state index in [1.165, 1.54) is 4.90 Å². The molecule has 0 unspecified atom stereocenters. The number of halogens is 4. The van der Waals surface area contributed by atoms with E-state index in [1.807, 2.05) is 0 Å². The summed E-state index contributed by atoms with van der Waals surface area (Å²) in [6.45, 7) is -0.0335. The van der Waals surface area contributed by atoms with Crippen molar-refractivity contribution in [2.45, 2.75) is 12.8 Å². The molecular weight excluding hydrogens is 191 g/mol. The quantitative estimate of drug-likeness (QED) is 0.573. The van der Waals surface area contributed by atoms with Crippen LogP contribution in [0.2, 0.25) is 0 Å². The van der Waals surface area contributed by atoms with Gasteiger partial charge in [-0.15, -0.1) is 11.6 Å². The van der Waals surface area contributed by atoms with E-state index in [-0.39, 0.29) is 6.54 Å². The molecule has 0 aliphatic rings. The van der Waals surface area contributed by atoms with Crippen molar-refractivity contribution in [2.24, 2.45) is 0 Å². The first-order chi connectivity index (χ1) is 5.70. The molecule has 0 aromatic carbocycles. The predicted molar refractivity (Wildman–Crippen MR) is 43.8 cm³/mol. The Labute approximate surface area is 75.5 Å². The lowest BCUT2D eigenvalue weighted by Crippen LogP contribution is -2.31. The van der Waals surface area contributed by atoms with E-state index in [2.05, 4.69) is 0 Å². The van der Waals surface area contributed by atoms with E-state index in [0.717, 1.165) is 0 Å². The molecule has 0 N–H and O–H groups in total. The molecule has 0 aromatic heterocycles. The van der Waals surface area contributed by atoms with Crippen molar-refractivity contribution in [3.05, 3.63) is 0 Å². The Kier molecular flexibility index (Phi) is 7.70. The van der Waals surface area contributed by atoms with Crippen LogP contribution in [0.5, 0.6) is 0 Å². The first-order valence-corrected chi connectivity index (χ1v) is 4.36. The minimum absolute atomic E-state index is 0.295. The minimum atomic E-state index is -2.37. The van der Waals surface area contributed by atoms with Crippen LogP contribution < -0.4 is 0 Å². The summed E-state index contributed by atoms with van der Waals surface area (Å²) in [7, 11) is 0. The summed E-state index contributed by atoms with van der Waals surface area (Å²) < 4.78 is 35.4. The van der Waals surface area contributed by atoms with Crippen molar-refractivity contribution >= 4 is 11.6 Å². The van der Waals surface area contributed by atoms with Gasteiger partial charge in [-0.25, -0.2) is 8.78 Å². The normalized spacial score (nSPS) is 11.5. The highest BCUT2D eigenvalue weighted by molar-refractivity contribution is 6.18. The molecule has 0 amide bonds. The van der Waals surface area contributed by atoms with Crippen molar-refractivity contribution in [1.29, 1.82) is 0 Å². The molecular formula is C7H13ClF3N.